The number of esters is 2. The van der Waals surface area contributed by atoms with Crippen LogP contribution in [0.5, 0.6) is 0 Å². The van der Waals surface area contributed by atoms with Gasteiger partial charge in [-0.05, 0) is 65.7 Å². The Morgan fingerprint density at radius 2 is 1.09 bits per heavy atom. The largest absolute Gasteiger partial charge is 0.466 e. The van der Waals surface area contributed by atoms with Gasteiger partial charge in [-0.25, -0.2) is 0 Å². The molecule has 2 rings (SSSR count). The third-order valence-electron chi connectivity index (χ3n) is 3.92. The highest BCUT2D eigenvalue weighted by Gasteiger charge is 2.22. The minimum absolute atomic E-state index is 0.0194. The van der Waals surface area contributed by atoms with E-state index in [1.54, 1.807) is 0 Å². The second-order valence-corrected chi connectivity index (χ2v) is 5.55. The van der Waals surface area contributed by atoms with Crippen molar-refractivity contribution in [1.82, 2.24) is 10.6 Å². The standard InChI is InChI=1S/2C8H15NO2/c2*1-2-11-8(10)7-3-5-9-6-4-7/h2*7,9H,2-6H2,1H3. The van der Waals surface area contributed by atoms with E-state index in [1.165, 1.54) is 0 Å². The molecule has 0 aliphatic carbocycles. The van der Waals surface area contributed by atoms with Gasteiger partial charge in [-0.2, -0.15) is 0 Å². The van der Waals surface area contributed by atoms with Gasteiger partial charge in [0, 0.05) is 0 Å². The van der Waals surface area contributed by atoms with Crippen molar-refractivity contribution in [3.8, 4) is 0 Å². The van der Waals surface area contributed by atoms with E-state index in [0.717, 1.165) is 51.9 Å². The minimum atomic E-state index is -0.0194. The third kappa shape index (κ3) is 7.22. The fraction of sp³-hybridized carbons (Fsp3) is 0.875. The van der Waals surface area contributed by atoms with Gasteiger partial charge in [-0.3, -0.25) is 9.59 Å². The van der Waals surface area contributed by atoms with Crippen LogP contribution in [0.1, 0.15) is 39.5 Å². The molecular weight excluding hydrogens is 284 g/mol. The van der Waals surface area contributed by atoms with Crippen LogP contribution in [-0.2, 0) is 19.1 Å². The van der Waals surface area contributed by atoms with E-state index in [0.29, 0.717) is 13.2 Å². The van der Waals surface area contributed by atoms with Gasteiger partial charge in [0.1, 0.15) is 0 Å². The molecule has 0 saturated carbocycles. The number of carbonyl (C=O) groups is 2. The van der Waals surface area contributed by atoms with Crippen LogP contribution in [0.25, 0.3) is 0 Å². The summed E-state index contributed by atoms with van der Waals surface area (Å²) < 4.78 is 9.83. The van der Waals surface area contributed by atoms with Crippen LogP contribution in [-0.4, -0.2) is 51.3 Å². The highest BCUT2D eigenvalue weighted by atomic mass is 16.5. The first-order valence-corrected chi connectivity index (χ1v) is 8.43. The lowest BCUT2D eigenvalue weighted by Gasteiger charge is -2.20. The summed E-state index contributed by atoms with van der Waals surface area (Å²) in [5.41, 5.74) is 0. The lowest BCUT2D eigenvalue weighted by Crippen LogP contribution is -2.32. The quantitative estimate of drug-likeness (QED) is 0.757. The molecule has 0 aromatic heterocycles. The van der Waals surface area contributed by atoms with Crippen LogP contribution >= 0.6 is 0 Å². The summed E-state index contributed by atoms with van der Waals surface area (Å²) in [6.45, 7) is 8.49. The van der Waals surface area contributed by atoms with Crippen molar-refractivity contribution in [2.75, 3.05) is 39.4 Å². The Balaban J connectivity index is 0.000000220. The Morgan fingerprint density at radius 1 is 0.773 bits per heavy atom. The molecule has 0 aromatic carbocycles. The smallest absolute Gasteiger partial charge is 0.309 e. The van der Waals surface area contributed by atoms with Crippen LogP contribution in [0.2, 0.25) is 0 Å². The summed E-state index contributed by atoms with van der Waals surface area (Å²) in [5.74, 6) is 0.260. The van der Waals surface area contributed by atoms with Crippen molar-refractivity contribution in [1.29, 1.82) is 0 Å². The van der Waals surface area contributed by atoms with Crippen molar-refractivity contribution < 1.29 is 19.1 Å². The number of piperidine rings is 2. The van der Waals surface area contributed by atoms with Gasteiger partial charge >= 0.3 is 11.9 Å². The zero-order valence-corrected chi connectivity index (χ0v) is 13.9. The Labute approximate surface area is 133 Å². The van der Waals surface area contributed by atoms with Crippen molar-refractivity contribution >= 4 is 11.9 Å². The van der Waals surface area contributed by atoms with Gasteiger partial charge in [0.15, 0.2) is 0 Å². The first-order chi connectivity index (χ1) is 10.7. The zero-order chi connectivity index (χ0) is 16.2. The molecule has 6 nitrogen and oxygen atoms in total. The molecular formula is C16H30N2O4. The van der Waals surface area contributed by atoms with Gasteiger partial charge in [-0.15, -0.1) is 0 Å². The number of rotatable bonds is 4. The van der Waals surface area contributed by atoms with E-state index in [2.05, 4.69) is 10.6 Å². The summed E-state index contributed by atoms with van der Waals surface area (Å²) in [7, 11) is 0. The lowest BCUT2D eigenvalue weighted by molar-refractivity contribution is -0.149. The van der Waals surface area contributed by atoms with E-state index < -0.39 is 0 Å². The second-order valence-electron chi connectivity index (χ2n) is 5.55. The summed E-state index contributed by atoms with van der Waals surface area (Å²) in [4.78, 5) is 22.3. The second kappa shape index (κ2) is 11.4. The Morgan fingerprint density at radius 3 is 1.36 bits per heavy atom. The zero-order valence-electron chi connectivity index (χ0n) is 13.9. The number of carbonyl (C=O) groups excluding carboxylic acids is 2. The summed E-state index contributed by atoms with van der Waals surface area (Å²) in [5, 5.41) is 6.41. The molecule has 2 N–H and O–H groups in total. The van der Waals surface area contributed by atoms with Crippen molar-refractivity contribution in [2.24, 2.45) is 11.8 Å². The molecule has 6 heteroatoms. The Bertz CT molecular complexity index is 292. The molecule has 22 heavy (non-hydrogen) atoms. The van der Waals surface area contributed by atoms with Gasteiger partial charge in [0.25, 0.3) is 0 Å². The number of nitrogens with one attached hydrogen (secondary N) is 2. The van der Waals surface area contributed by atoms with Crippen molar-refractivity contribution in [3.63, 3.8) is 0 Å². The highest BCUT2D eigenvalue weighted by molar-refractivity contribution is 5.72. The highest BCUT2D eigenvalue weighted by Crippen LogP contribution is 2.13. The summed E-state index contributed by atoms with van der Waals surface area (Å²) >= 11 is 0. The van der Waals surface area contributed by atoms with E-state index in [4.69, 9.17) is 9.47 Å². The molecule has 0 aromatic rings. The average Bonchev–Trinajstić information content (AvgIpc) is 2.57. The maximum absolute atomic E-state index is 11.1. The normalized spacial score (nSPS) is 19.7. The first kappa shape index (κ1) is 18.9. The molecule has 0 radical (unpaired) electrons. The lowest BCUT2D eigenvalue weighted by atomic mass is 9.99. The third-order valence-corrected chi connectivity index (χ3v) is 3.92. The van der Waals surface area contributed by atoms with Crippen LogP contribution in [0.4, 0.5) is 0 Å². The van der Waals surface area contributed by atoms with Crippen LogP contribution in [0.3, 0.4) is 0 Å². The van der Waals surface area contributed by atoms with Crippen LogP contribution < -0.4 is 10.6 Å². The monoisotopic (exact) mass is 314 g/mol. The predicted octanol–water partition coefficient (Wildman–Crippen LogP) is 1.10. The maximum Gasteiger partial charge on any atom is 0.309 e. The molecule has 2 heterocycles. The van der Waals surface area contributed by atoms with Crippen LogP contribution in [0, 0.1) is 11.8 Å². The fourth-order valence-corrected chi connectivity index (χ4v) is 2.64. The molecule has 0 atom stereocenters. The predicted molar refractivity (Wildman–Crippen MR) is 84.5 cm³/mol. The van der Waals surface area contributed by atoms with Gasteiger partial charge in [-0.1, -0.05) is 0 Å². The van der Waals surface area contributed by atoms with Crippen molar-refractivity contribution in [3.05, 3.63) is 0 Å². The molecule has 0 amide bonds. The van der Waals surface area contributed by atoms with Gasteiger partial charge < -0.3 is 20.1 Å². The SMILES string of the molecule is CCOC(=O)C1CCNCC1.CCOC(=O)C1CCNCC1. The number of ether oxygens (including phenoxy) is 2. The van der Waals surface area contributed by atoms with E-state index in [-0.39, 0.29) is 23.8 Å². The molecule has 2 aliphatic rings. The number of hydrogen-bond acceptors (Lipinski definition) is 6. The molecule has 0 unspecified atom stereocenters. The minimum Gasteiger partial charge on any atom is -0.466 e. The maximum atomic E-state index is 11.1. The Kier molecular flexibility index (Phi) is 9.82. The van der Waals surface area contributed by atoms with Crippen molar-refractivity contribution in [2.45, 2.75) is 39.5 Å². The van der Waals surface area contributed by atoms with Gasteiger partial charge in [0.2, 0.25) is 0 Å². The van der Waals surface area contributed by atoms with Gasteiger partial charge in [0.05, 0.1) is 25.0 Å². The number of hydrogen-bond donors (Lipinski definition) is 2. The first-order valence-electron chi connectivity index (χ1n) is 8.43. The molecule has 2 fully saturated rings. The fourth-order valence-electron chi connectivity index (χ4n) is 2.64. The van der Waals surface area contributed by atoms with Crippen LogP contribution in [0.15, 0.2) is 0 Å². The molecule has 128 valence electrons. The summed E-state index contributed by atoms with van der Waals surface area (Å²) in [6, 6.07) is 0. The molecule has 0 bridgehead atoms. The van der Waals surface area contributed by atoms with E-state index in [1.807, 2.05) is 13.8 Å². The molecule has 2 saturated heterocycles. The average molecular weight is 314 g/mol. The Hall–Kier alpha value is -1.14. The van der Waals surface area contributed by atoms with E-state index in [9.17, 15) is 9.59 Å². The molecule has 0 spiro atoms. The molecule has 2 aliphatic heterocycles. The topological polar surface area (TPSA) is 76.7 Å². The summed E-state index contributed by atoms with van der Waals surface area (Å²) in [6.07, 6.45) is 3.72. The van der Waals surface area contributed by atoms with E-state index >= 15 is 0 Å².